The first-order valence-electron chi connectivity index (χ1n) is 8.29. The summed E-state index contributed by atoms with van der Waals surface area (Å²) >= 11 is 0. The lowest BCUT2D eigenvalue weighted by Crippen LogP contribution is -2.42. The number of carbonyl (C=O) groups excluding carboxylic acids is 1. The molecule has 0 bridgehead atoms. The molecular formula is C17H32N2O3. The standard InChI is InChI=1S/C17H32N2O3/c1-6-21-12-8-10-18-14(2)13-15-9-7-11-19(15)16(20)22-17(3,4)5/h6,14-15,18H,1,7-13H2,2-5H3. The Balaban J connectivity index is 2.33. The average Bonchev–Trinajstić information content (AvgIpc) is 2.84. The SMILES string of the molecule is C=COCCCNC(C)CC1CCCN1C(=O)OC(C)(C)C. The minimum absolute atomic E-state index is 0.179. The third-order valence-corrected chi connectivity index (χ3v) is 3.68. The summed E-state index contributed by atoms with van der Waals surface area (Å²) in [6.07, 6.45) is 5.33. The van der Waals surface area contributed by atoms with Crippen molar-refractivity contribution >= 4 is 6.09 Å². The Morgan fingerprint density at radius 3 is 2.86 bits per heavy atom. The van der Waals surface area contributed by atoms with Gasteiger partial charge in [0.15, 0.2) is 0 Å². The number of likely N-dealkylation sites (tertiary alicyclic amines) is 1. The molecular weight excluding hydrogens is 280 g/mol. The molecule has 1 aliphatic heterocycles. The summed E-state index contributed by atoms with van der Waals surface area (Å²) < 4.78 is 10.6. The predicted molar refractivity (Wildman–Crippen MR) is 88.8 cm³/mol. The Morgan fingerprint density at radius 2 is 2.23 bits per heavy atom. The van der Waals surface area contributed by atoms with Gasteiger partial charge in [0.05, 0.1) is 12.9 Å². The van der Waals surface area contributed by atoms with Crippen molar-refractivity contribution in [3.05, 3.63) is 12.8 Å². The fourth-order valence-electron chi connectivity index (χ4n) is 2.72. The molecule has 2 atom stereocenters. The number of hydrogen-bond acceptors (Lipinski definition) is 4. The van der Waals surface area contributed by atoms with Crippen LogP contribution in [0.2, 0.25) is 0 Å². The maximum atomic E-state index is 12.2. The molecule has 0 spiro atoms. The van der Waals surface area contributed by atoms with Gasteiger partial charge in [0.25, 0.3) is 0 Å². The lowest BCUT2D eigenvalue weighted by Gasteiger charge is -2.30. The summed E-state index contributed by atoms with van der Waals surface area (Å²) in [5.74, 6) is 0. The summed E-state index contributed by atoms with van der Waals surface area (Å²) in [5, 5.41) is 3.48. The molecule has 1 amide bonds. The molecule has 1 rings (SSSR count). The summed E-state index contributed by atoms with van der Waals surface area (Å²) in [7, 11) is 0. The topological polar surface area (TPSA) is 50.8 Å². The molecule has 1 N–H and O–H groups in total. The molecule has 0 radical (unpaired) electrons. The van der Waals surface area contributed by atoms with Crippen LogP contribution in [-0.4, -0.2) is 48.4 Å². The Bertz CT molecular complexity index is 352. The Kier molecular flexibility index (Phi) is 7.73. The monoisotopic (exact) mass is 312 g/mol. The zero-order valence-corrected chi connectivity index (χ0v) is 14.6. The van der Waals surface area contributed by atoms with Crippen LogP contribution in [-0.2, 0) is 9.47 Å². The molecule has 22 heavy (non-hydrogen) atoms. The molecule has 0 saturated carbocycles. The first kappa shape index (κ1) is 18.8. The van der Waals surface area contributed by atoms with E-state index in [-0.39, 0.29) is 12.1 Å². The van der Waals surface area contributed by atoms with Crippen molar-refractivity contribution in [2.75, 3.05) is 19.7 Å². The molecule has 1 heterocycles. The number of amides is 1. The molecule has 1 saturated heterocycles. The van der Waals surface area contributed by atoms with Gasteiger partial charge in [-0.1, -0.05) is 6.58 Å². The van der Waals surface area contributed by atoms with E-state index in [0.29, 0.717) is 12.6 Å². The van der Waals surface area contributed by atoms with Crippen LogP contribution in [0.5, 0.6) is 0 Å². The first-order valence-corrected chi connectivity index (χ1v) is 8.29. The Hall–Kier alpha value is -1.23. The molecule has 0 aliphatic carbocycles. The first-order chi connectivity index (χ1) is 10.3. The van der Waals surface area contributed by atoms with Gasteiger partial charge < -0.3 is 19.7 Å². The van der Waals surface area contributed by atoms with E-state index in [0.717, 1.165) is 38.8 Å². The summed E-state index contributed by atoms with van der Waals surface area (Å²) in [5.41, 5.74) is -0.431. The number of hydrogen-bond donors (Lipinski definition) is 1. The second-order valence-electron chi connectivity index (χ2n) is 6.95. The lowest BCUT2D eigenvalue weighted by atomic mass is 10.1. The van der Waals surface area contributed by atoms with Crippen LogP contribution in [0.1, 0.15) is 53.4 Å². The molecule has 0 aromatic heterocycles. The van der Waals surface area contributed by atoms with Gasteiger partial charge in [-0.2, -0.15) is 0 Å². The Labute approximate surface area is 135 Å². The maximum Gasteiger partial charge on any atom is 0.410 e. The quantitative estimate of drug-likeness (QED) is 0.552. The third-order valence-electron chi connectivity index (χ3n) is 3.68. The summed E-state index contributed by atoms with van der Waals surface area (Å²) in [6.45, 7) is 13.8. The molecule has 5 heteroatoms. The fraction of sp³-hybridized carbons (Fsp3) is 0.824. The number of carbonyl (C=O) groups is 1. The van der Waals surface area contributed by atoms with Gasteiger partial charge in [0, 0.05) is 18.6 Å². The van der Waals surface area contributed by atoms with Crippen LogP contribution in [0, 0.1) is 0 Å². The van der Waals surface area contributed by atoms with Crippen LogP contribution >= 0.6 is 0 Å². The summed E-state index contributed by atoms with van der Waals surface area (Å²) in [6, 6.07) is 0.651. The highest BCUT2D eigenvalue weighted by molar-refractivity contribution is 5.68. The van der Waals surface area contributed by atoms with Crippen molar-refractivity contribution in [3.63, 3.8) is 0 Å². The number of nitrogens with one attached hydrogen (secondary N) is 1. The molecule has 1 fully saturated rings. The van der Waals surface area contributed by atoms with Gasteiger partial charge in [0.1, 0.15) is 5.60 Å². The van der Waals surface area contributed by atoms with E-state index in [2.05, 4.69) is 18.8 Å². The van der Waals surface area contributed by atoms with Crippen molar-refractivity contribution in [3.8, 4) is 0 Å². The predicted octanol–water partition coefficient (Wildman–Crippen LogP) is 3.30. The van der Waals surface area contributed by atoms with Crippen molar-refractivity contribution in [2.45, 2.75) is 71.1 Å². The Morgan fingerprint density at radius 1 is 1.50 bits per heavy atom. The highest BCUT2D eigenvalue weighted by Crippen LogP contribution is 2.24. The zero-order valence-electron chi connectivity index (χ0n) is 14.6. The highest BCUT2D eigenvalue weighted by atomic mass is 16.6. The molecule has 128 valence electrons. The van der Waals surface area contributed by atoms with E-state index in [9.17, 15) is 4.79 Å². The molecule has 0 aromatic carbocycles. The fourth-order valence-corrected chi connectivity index (χ4v) is 2.72. The largest absolute Gasteiger partial charge is 0.502 e. The van der Waals surface area contributed by atoms with E-state index in [1.54, 1.807) is 0 Å². The maximum absolute atomic E-state index is 12.2. The van der Waals surface area contributed by atoms with Crippen molar-refractivity contribution in [1.82, 2.24) is 10.2 Å². The lowest BCUT2D eigenvalue weighted by molar-refractivity contribution is 0.0214. The molecule has 0 aromatic rings. The van der Waals surface area contributed by atoms with Crippen molar-refractivity contribution < 1.29 is 14.3 Å². The van der Waals surface area contributed by atoms with E-state index in [1.807, 2.05) is 25.7 Å². The van der Waals surface area contributed by atoms with Crippen LogP contribution in [0.25, 0.3) is 0 Å². The molecule has 1 aliphatic rings. The van der Waals surface area contributed by atoms with Crippen LogP contribution in [0.4, 0.5) is 4.79 Å². The van der Waals surface area contributed by atoms with Gasteiger partial charge >= 0.3 is 6.09 Å². The number of rotatable bonds is 8. The minimum Gasteiger partial charge on any atom is -0.502 e. The molecule has 2 unspecified atom stereocenters. The third kappa shape index (κ3) is 7.16. The summed E-state index contributed by atoms with van der Waals surface area (Å²) in [4.78, 5) is 14.1. The zero-order chi connectivity index (χ0) is 16.6. The van der Waals surface area contributed by atoms with Crippen LogP contribution in [0.3, 0.4) is 0 Å². The number of ether oxygens (including phenoxy) is 2. The van der Waals surface area contributed by atoms with Crippen molar-refractivity contribution in [2.24, 2.45) is 0 Å². The molecule has 5 nitrogen and oxygen atoms in total. The second-order valence-corrected chi connectivity index (χ2v) is 6.95. The second kappa shape index (κ2) is 9.03. The van der Waals surface area contributed by atoms with E-state index in [4.69, 9.17) is 9.47 Å². The van der Waals surface area contributed by atoms with E-state index in [1.165, 1.54) is 6.26 Å². The highest BCUT2D eigenvalue weighted by Gasteiger charge is 2.32. The van der Waals surface area contributed by atoms with E-state index < -0.39 is 5.60 Å². The van der Waals surface area contributed by atoms with Gasteiger partial charge in [-0.05, 0) is 59.9 Å². The van der Waals surface area contributed by atoms with Gasteiger partial charge in [-0.15, -0.1) is 0 Å². The smallest absolute Gasteiger partial charge is 0.410 e. The minimum atomic E-state index is -0.431. The van der Waals surface area contributed by atoms with Gasteiger partial charge in [-0.3, -0.25) is 0 Å². The van der Waals surface area contributed by atoms with E-state index >= 15 is 0 Å². The average molecular weight is 312 g/mol. The van der Waals surface area contributed by atoms with Crippen LogP contribution < -0.4 is 5.32 Å². The number of nitrogens with zero attached hydrogens (tertiary/aromatic N) is 1. The van der Waals surface area contributed by atoms with Crippen molar-refractivity contribution in [1.29, 1.82) is 0 Å². The van der Waals surface area contributed by atoms with Crippen LogP contribution in [0.15, 0.2) is 12.8 Å². The van der Waals surface area contributed by atoms with Gasteiger partial charge in [-0.25, -0.2) is 4.79 Å². The normalized spacial score (nSPS) is 19.8. The van der Waals surface area contributed by atoms with Gasteiger partial charge in [0.2, 0.25) is 0 Å².